The van der Waals surface area contributed by atoms with E-state index in [0.717, 1.165) is 42.6 Å². The number of hydrogen-bond acceptors (Lipinski definition) is 4. The lowest BCUT2D eigenvalue weighted by atomic mass is 9.50. The molecule has 2 aromatic rings. The normalized spacial score (nSPS) is 23.5. The lowest BCUT2D eigenvalue weighted by molar-refractivity contribution is -0.192. The number of aromatic nitrogens is 3. The van der Waals surface area contributed by atoms with Gasteiger partial charge in [-0.05, 0) is 32.3 Å². The molecule has 2 aliphatic rings. The molecule has 2 saturated carbocycles. The maximum atomic E-state index is 13.3. The summed E-state index contributed by atoms with van der Waals surface area (Å²) in [6, 6.07) is 2.23. The molecule has 152 valence electrons. The first kappa shape index (κ1) is 19.4. The van der Waals surface area contributed by atoms with Gasteiger partial charge in [-0.15, -0.1) is 0 Å². The molecule has 2 aromatic heterocycles. The Morgan fingerprint density at radius 3 is 2.68 bits per heavy atom. The van der Waals surface area contributed by atoms with E-state index in [1.54, 1.807) is 10.9 Å². The van der Waals surface area contributed by atoms with Crippen LogP contribution in [0.2, 0.25) is 0 Å². The van der Waals surface area contributed by atoms with E-state index in [0.29, 0.717) is 11.7 Å². The van der Waals surface area contributed by atoms with E-state index in [1.165, 1.54) is 6.42 Å². The van der Waals surface area contributed by atoms with Gasteiger partial charge in [-0.25, -0.2) is 4.98 Å². The zero-order valence-corrected chi connectivity index (χ0v) is 18.0. The molecular weight excluding hydrogens is 352 g/mol. The average Bonchev–Trinajstić information content (AvgIpc) is 2.92. The highest BCUT2D eigenvalue weighted by Crippen LogP contribution is 2.59. The Balaban J connectivity index is 1.62. The zero-order chi connectivity index (χ0) is 20.3. The number of amides is 1. The van der Waals surface area contributed by atoms with Crippen molar-refractivity contribution >= 4 is 16.9 Å². The van der Waals surface area contributed by atoms with Crippen LogP contribution in [0.1, 0.15) is 69.4 Å². The third kappa shape index (κ3) is 2.76. The number of carbonyl (C=O) groups excluding carboxylic acids is 1. The van der Waals surface area contributed by atoms with Crippen LogP contribution in [-0.4, -0.2) is 51.4 Å². The molecule has 0 aromatic carbocycles. The van der Waals surface area contributed by atoms with Gasteiger partial charge in [-0.3, -0.25) is 9.48 Å². The van der Waals surface area contributed by atoms with Crippen LogP contribution in [0.15, 0.2) is 12.3 Å². The van der Waals surface area contributed by atoms with Gasteiger partial charge in [0.1, 0.15) is 0 Å². The minimum absolute atomic E-state index is 0.0457. The predicted molar refractivity (Wildman–Crippen MR) is 109 cm³/mol. The van der Waals surface area contributed by atoms with Crippen molar-refractivity contribution in [2.24, 2.45) is 12.5 Å². The van der Waals surface area contributed by atoms with Gasteiger partial charge in [0.15, 0.2) is 5.65 Å². The molecule has 2 fully saturated rings. The molecule has 1 amide bonds. The summed E-state index contributed by atoms with van der Waals surface area (Å²) in [6.07, 6.45) is 6.49. The van der Waals surface area contributed by atoms with E-state index in [2.05, 4.69) is 37.8 Å². The summed E-state index contributed by atoms with van der Waals surface area (Å²) in [4.78, 5) is 19.8. The van der Waals surface area contributed by atoms with E-state index in [-0.39, 0.29) is 22.8 Å². The van der Waals surface area contributed by atoms with E-state index >= 15 is 0 Å². The first-order valence-corrected chi connectivity index (χ1v) is 10.4. The SMILES string of the molecule is CCO[C@@H]1C[C@H](N(C)C(=O)c2cnc3c(c2)c(C(C)(C)C)nn3C)C12CCC2. The smallest absolute Gasteiger partial charge is 0.255 e. The monoisotopic (exact) mass is 384 g/mol. The molecule has 0 radical (unpaired) electrons. The summed E-state index contributed by atoms with van der Waals surface area (Å²) < 4.78 is 7.76. The van der Waals surface area contributed by atoms with E-state index in [9.17, 15) is 4.79 Å². The second kappa shape index (κ2) is 6.55. The largest absolute Gasteiger partial charge is 0.378 e. The highest BCUT2D eigenvalue weighted by Gasteiger charge is 2.60. The molecule has 1 spiro atoms. The van der Waals surface area contributed by atoms with Crippen molar-refractivity contribution in [2.45, 2.75) is 70.9 Å². The Hall–Kier alpha value is -1.95. The van der Waals surface area contributed by atoms with Crippen molar-refractivity contribution in [1.82, 2.24) is 19.7 Å². The third-order valence-electron chi connectivity index (χ3n) is 6.82. The molecule has 6 heteroatoms. The lowest BCUT2D eigenvalue weighted by Crippen LogP contribution is -2.67. The fourth-order valence-electron chi connectivity index (χ4n) is 5.10. The van der Waals surface area contributed by atoms with Crippen LogP contribution < -0.4 is 0 Å². The number of rotatable bonds is 4. The summed E-state index contributed by atoms with van der Waals surface area (Å²) in [7, 11) is 3.84. The summed E-state index contributed by atoms with van der Waals surface area (Å²) >= 11 is 0. The van der Waals surface area contributed by atoms with Gasteiger partial charge in [0.05, 0.1) is 17.4 Å². The van der Waals surface area contributed by atoms with Gasteiger partial charge >= 0.3 is 0 Å². The summed E-state index contributed by atoms with van der Waals surface area (Å²) in [5.41, 5.74) is 2.50. The van der Waals surface area contributed by atoms with E-state index in [4.69, 9.17) is 4.74 Å². The third-order valence-corrected chi connectivity index (χ3v) is 6.82. The number of aryl methyl sites for hydroxylation is 1. The van der Waals surface area contributed by atoms with Crippen LogP contribution in [0.4, 0.5) is 0 Å². The number of fused-ring (bicyclic) bond motifs is 1. The number of carbonyl (C=O) groups is 1. The quantitative estimate of drug-likeness (QED) is 0.807. The Labute approximate surface area is 167 Å². The molecule has 4 rings (SSSR count). The lowest BCUT2D eigenvalue weighted by Gasteiger charge is -2.63. The molecule has 28 heavy (non-hydrogen) atoms. The highest BCUT2D eigenvalue weighted by molar-refractivity contribution is 5.97. The minimum atomic E-state index is -0.108. The van der Waals surface area contributed by atoms with Crippen molar-refractivity contribution < 1.29 is 9.53 Å². The Morgan fingerprint density at radius 1 is 1.39 bits per heavy atom. The van der Waals surface area contributed by atoms with Crippen LogP contribution in [0.25, 0.3) is 11.0 Å². The molecule has 2 heterocycles. The first-order valence-electron chi connectivity index (χ1n) is 10.4. The van der Waals surface area contributed by atoms with E-state index < -0.39 is 0 Å². The maximum absolute atomic E-state index is 13.3. The minimum Gasteiger partial charge on any atom is -0.378 e. The Morgan fingerprint density at radius 2 is 2.11 bits per heavy atom. The first-order chi connectivity index (χ1) is 13.2. The van der Waals surface area contributed by atoms with Gasteiger partial charge in [0, 0.05) is 49.2 Å². The van der Waals surface area contributed by atoms with Gasteiger partial charge in [-0.2, -0.15) is 5.10 Å². The van der Waals surface area contributed by atoms with Crippen LogP contribution in [0.5, 0.6) is 0 Å². The number of ether oxygens (including phenoxy) is 1. The van der Waals surface area contributed by atoms with Gasteiger partial charge < -0.3 is 9.64 Å². The fraction of sp³-hybridized carbons (Fsp3) is 0.682. The zero-order valence-electron chi connectivity index (χ0n) is 18.0. The molecule has 0 unspecified atom stereocenters. The molecule has 0 bridgehead atoms. The average molecular weight is 385 g/mol. The van der Waals surface area contributed by atoms with Crippen molar-refractivity contribution in [3.8, 4) is 0 Å². The van der Waals surface area contributed by atoms with E-state index in [1.807, 2.05) is 25.1 Å². The van der Waals surface area contributed by atoms with Crippen molar-refractivity contribution in [2.75, 3.05) is 13.7 Å². The van der Waals surface area contributed by atoms with Gasteiger partial charge in [0.25, 0.3) is 5.91 Å². The second-order valence-electron chi connectivity index (χ2n) is 9.52. The standard InChI is InChI=1S/C22H32N4O2/c1-7-28-17-12-16(22(17)9-8-10-22)25(5)20(27)14-11-15-18(21(2,3)4)24-26(6)19(15)23-13-14/h11,13,16-17H,7-10,12H2,1-6H3/t16-,17+/m0/s1. The highest BCUT2D eigenvalue weighted by atomic mass is 16.5. The molecular formula is C22H32N4O2. The Kier molecular flexibility index (Phi) is 4.53. The van der Waals surface area contributed by atoms with Crippen LogP contribution >= 0.6 is 0 Å². The number of pyridine rings is 1. The second-order valence-corrected chi connectivity index (χ2v) is 9.52. The van der Waals surface area contributed by atoms with Crippen LogP contribution in [0, 0.1) is 5.41 Å². The molecule has 2 aliphatic carbocycles. The summed E-state index contributed by atoms with van der Waals surface area (Å²) in [5.74, 6) is 0.0457. The number of nitrogens with zero attached hydrogens (tertiary/aromatic N) is 4. The van der Waals surface area contributed by atoms with Crippen molar-refractivity contribution in [1.29, 1.82) is 0 Å². The fourth-order valence-corrected chi connectivity index (χ4v) is 5.10. The predicted octanol–water partition coefficient (Wildman–Crippen LogP) is 3.69. The molecule has 0 saturated heterocycles. The van der Waals surface area contributed by atoms with Gasteiger partial charge in [-0.1, -0.05) is 27.2 Å². The van der Waals surface area contributed by atoms with Crippen LogP contribution in [0.3, 0.4) is 0 Å². The van der Waals surface area contributed by atoms with Gasteiger partial charge in [0.2, 0.25) is 0 Å². The van der Waals surface area contributed by atoms with Crippen molar-refractivity contribution in [3.05, 3.63) is 23.5 Å². The Bertz CT molecular complexity index is 907. The summed E-state index contributed by atoms with van der Waals surface area (Å²) in [6.45, 7) is 9.21. The maximum Gasteiger partial charge on any atom is 0.255 e. The summed E-state index contributed by atoms with van der Waals surface area (Å²) in [5, 5.41) is 5.62. The number of hydrogen-bond donors (Lipinski definition) is 0. The van der Waals surface area contributed by atoms with Crippen molar-refractivity contribution in [3.63, 3.8) is 0 Å². The molecule has 6 nitrogen and oxygen atoms in total. The molecule has 0 N–H and O–H groups in total. The van der Waals surface area contributed by atoms with Crippen LogP contribution in [-0.2, 0) is 17.2 Å². The molecule has 2 atom stereocenters. The molecule has 0 aliphatic heterocycles. The topological polar surface area (TPSA) is 60.2 Å².